The normalized spacial score (nSPS) is 13.9. The van der Waals surface area contributed by atoms with Gasteiger partial charge in [0.2, 0.25) is 5.82 Å². The summed E-state index contributed by atoms with van der Waals surface area (Å²) in [7, 11) is 1.80. The summed E-state index contributed by atoms with van der Waals surface area (Å²) in [5.74, 6) is 1.88. The lowest BCUT2D eigenvalue weighted by Crippen LogP contribution is -2.38. The number of allylic oxidation sites excluding steroid dienone is 3. The molecule has 4 N–H and O–H groups in total. The van der Waals surface area contributed by atoms with Crippen LogP contribution >= 0.6 is 0 Å². The van der Waals surface area contributed by atoms with Crippen molar-refractivity contribution in [2.45, 2.75) is 39.3 Å². The molecule has 0 saturated carbocycles. The highest BCUT2D eigenvalue weighted by molar-refractivity contribution is 5.85. The maximum absolute atomic E-state index is 11.0. The maximum Gasteiger partial charge on any atom is 0.234 e. The van der Waals surface area contributed by atoms with Gasteiger partial charge in [0.05, 0.1) is 11.3 Å². The fourth-order valence-corrected chi connectivity index (χ4v) is 5.60. The first-order valence-electron chi connectivity index (χ1n) is 16.0. The lowest BCUT2D eigenvalue weighted by Gasteiger charge is -2.32. The minimum absolute atomic E-state index is 0.170. The molecule has 244 valence electrons. The number of piperidine rings is 1. The Morgan fingerprint density at radius 3 is 2.52 bits per heavy atom. The van der Waals surface area contributed by atoms with Crippen molar-refractivity contribution < 1.29 is 4.79 Å². The van der Waals surface area contributed by atoms with Crippen LogP contribution in [0.2, 0.25) is 0 Å². The number of benzene rings is 1. The molecule has 12 heteroatoms. The van der Waals surface area contributed by atoms with Gasteiger partial charge in [0.15, 0.2) is 11.5 Å². The SMILES string of the molecule is CC.CN/C=C(\C=C/C=O)c1ccc2nc(-c3cccnc3N)n(-c3ccc(CN4CCC(Nc5ccnc(C#N)n5)CC4)cc3)c2n1. The number of fused-ring (bicyclic) bond motifs is 1. The molecule has 1 saturated heterocycles. The molecule has 1 fully saturated rings. The zero-order valence-corrected chi connectivity index (χ0v) is 27.3. The van der Waals surface area contributed by atoms with Crippen LogP contribution in [-0.2, 0) is 11.3 Å². The van der Waals surface area contributed by atoms with Crippen molar-refractivity contribution in [3.8, 4) is 23.1 Å². The second-order valence-electron chi connectivity index (χ2n) is 10.9. The Morgan fingerprint density at radius 1 is 1.02 bits per heavy atom. The zero-order chi connectivity index (χ0) is 33.9. The second-order valence-corrected chi connectivity index (χ2v) is 10.9. The van der Waals surface area contributed by atoms with Crippen LogP contribution in [0, 0.1) is 11.3 Å². The summed E-state index contributed by atoms with van der Waals surface area (Å²) in [5, 5.41) is 15.5. The van der Waals surface area contributed by atoms with Crippen LogP contribution < -0.4 is 16.4 Å². The molecule has 0 unspecified atom stereocenters. The Hall–Kier alpha value is -5.93. The Kier molecular flexibility index (Phi) is 11.2. The molecule has 0 radical (unpaired) electrons. The van der Waals surface area contributed by atoms with Gasteiger partial charge in [-0.1, -0.05) is 26.0 Å². The number of nitrogens with two attached hydrogens (primary N) is 1. The summed E-state index contributed by atoms with van der Waals surface area (Å²) >= 11 is 0. The van der Waals surface area contributed by atoms with Crippen LogP contribution in [0.4, 0.5) is 11.6 Å². The molecule has 0 spiro atoms. The Labute approximate surface area is 280 Å². The van der Waals surface area contributed by atoms with E-state index in [1.54, 1.807) is 37.8 Å². The molecular formula is C36H39N11O. The van der Waals surface area contributed by atoms with Crippen molar-refractivity contribution in [2.24, 2.45) is 0 Å². The lowest BCUT2D eigenvalue weighted by molar-refractivity contribution is -0.104. The molecule has 1 aliphatic heterocycles. The number of anilines is 2. The van der Waals surface area contributed by atoms with Crippen molar-refractivity contribution in [1.82, 2.24) is 39.7 Å². The zero-order valence-electron chi connectivity index (χ0n) is 27.3. The van der Waals surface area contributed by atoms with Gasteiger partial charge in [-0.3, -0.25) is 14.3 Å². The van der Waals surface area contributed by atoms with Gasteiger partial charge in [0.25, 0.3) is 0 Å². The van der Waals surface area contributed by atoms with E-state index in [4.69, 9.17) is 21.0 Å². The molecule has 6 rings (SSSR count). The second kappa shape index (κ2) is 16.1. The highest BCUT2D eigenvalue weighted by Crippen LogP contribution is 2.31. The Morgan fingerprint density at radius 2 is 1.81 bits per heavy atom. The predicted molar refractivity (Wildman–Crippen MR) is 189 cm³/mol. The van der Waals surface area contributed by atoms with E-state index in [-0.39, 0.29) is 5.82 Å². The van der Waals surface area contributed by atoms with Crippen molar-refractivity contribution >= 4 is 34.7 Å². The van der Waals surface area contributed by atoms with Crippen LogP contribution in [0.15, 0.2) is 85.3 Å². The van der Waals surface area contributed by atoms with E-state index in [1.165, 1.54) is 11.6 Å². The number of nitrogens with one attached hydrogen (secondary N) is 2. The number of hydrogen-bond acceptors (Lipinski definition) is 11. The number of hydrogen-bond donors (Lipinski definition) is 3. The monoisotopic (exact) mass is 641 g/mol. The summed E-state index contributed by atoms with van der Waals surface area (Å²) < 4.78 is 2.00. The van der Waals surface area contributed by atoms with Crippen LogP contribution in [-0.4, -0.2) is 66.9 Å². The van der Waals surface area contributed by atoms with Crippen molar-refractivity contribution in [2.75, 3.05) is 31.2 Å². The van der Waals surface area contributed by atoms with Gasteiger partial charge in [-0.15, -0.1) is 0 Å². The third-order valence-electron chi connectivity index (χ3n) is 7.83. The number of carbonyl (C=O) groups excluding carboxylic acids is 1. The average molecular weight is 642 g/mol. The number of rotatable bonds is 10. The van der Waals surface area contributed by atoms with Gasteiger partial charge in [0, 0.05) is 62.6 Å². The van der Waals surface area contributed by atoms with E-state index in [0.29, 0.717) is 45.9 Å². The van der Waals surface area contributed by atoms with E-state index in [0.717, 1.165) is 50.0 Å². The summed E-state index contributed by atoms with van der Waals surface area (Å²) in [6.07, 6.45) is 10.9. The number of aromatic nitrogens is 6. The molecule has 1 aliphatic rings. The fourth-order valence-electron chi connectivity index (χ4n) is 5.60. The molecular weight excluding hydrogens is 602 g/mol. The van der Waals surface area contributed by atoms with Gasteiger partial charge in [-0.25, -0.2) is 24.9 Å². The molecule has 5 heterocycles. The van der Waals surface area contributed by atoms with Crippen LogP contribution in [0.25, 0.3) is 33.8 Å². The van der Waals surface area contributed by atoms with E-state index in [9.17, 15) is 4.79 Å². The molecule has 4 aromatic heterocycles. The average Bonchev–Trinajstić information content (AvgIpc) is 3.51. The summed E-state index contributed by atoms with van der Waals surface area (Å²) in [4.78, 5) is 35.9. The maximum atomic E-state index is 11.0. The minimum Gasteiger partial charge on any atom is -0.393 e. The largest absolute Gasteiger partial charge is 0.393 e. The smallest absolute Gasteiger partial charge is 0.234 e. The topological polar surface area (TPSA) is 164 Å². The van der Waals surface area contributed by atoms with E-state index in [1.807, 2.05) is 48.7 Å². The molecule has 48 heavy (non-hydrogen) atoms. The molecule has 0 bridgehead atoms. The van der Waals surface area contributed by atoms with E-state index < -0.39 is 0 Å². The quantitative estimate of drug-likeness (QED) is 0.105. The summed E-state index contributed by atoms with van der Waals surface area (Å²) in [6, 6.07) is 20.0. The number of imidazole rings is 1. The number of nitriles is 1. The number of nitrogen functional groups attached to an aromatic ring is 1. The standard InChI is InChI=1S/C34H33N11O.C2H6/c1-37-21-24(4-3-19-46)28-10-11-29-34(41-28)45(33(42-29)27-5-2-15-39-32(27)36)26-8-6-23(7-9-26)22-44-17-13-25(14-18-44)40-30-12-16-38-31(20-35)43-30;1-2/h2-12,15-16,19,21,25,37H,13-14,17-18,22H2,1H3,(H2,36,39)(H,38,40,43);1-2H3/b4-3-,24-21+;. The number of nitrogens with zero attached hydrogens (tertiary/aromatic N) is 8. The van der Waals surface area contributed by atoms with Crippen LogP contribution in [0.1, 0.15) is 43.8 Å². The molecule has 5 aromatic rings. The third kappa shape index (κ3) is 7.71. The van der Waals surface area contributed by atoms with Gasteiger partial charge in [0.1, 0.15) is 29.5 Å². The first kappa shape index (κ1) is 33.4. The molecule has 1 aromatic carbocycles. The Balaban J connectivity index is 0.00000221. The van der Waals surface area contributed by atoms with E-state index >= 15 is 0 Å². The minimum atomic E-state index is 0.170. The lowest BCUT2D eigenvalue weighted by atomic mass is 10.0. The Bertz CT molecular complexity index is 1950. The number of aldehydes is 1. The first-order chi connectivity index (χ1) is 23.6. The fraction of sp³-hybridized carbons (Fsp3) is 0.250. The summed E-state index contributed by atoms with van der Waals surface area (Å²) in [5.41, 5.74) is 11.9. The van der Waals surface area contributed by atoms with Gasteiger partial charge < -0.3 is 16.4 Å². The molecule has 0 aliphatic carbocycles. The first-order valence-corrected chi connectivity index (χ1v) is 16.0. The number of pyridine rings is 2. The number of likely N-dealkylation sites (tertiary alicyclic amines) is 1. The van der Waals surface area contributed by atoms with Gasteiger partial charge in [-0.05, 0) is 73.0 Å². The molecule has 0 atom stereocenters. The van der Waals surface area contributed by atoms with Gasteiger partial charge in [-0.2, -0.15) is 5.26 Å². The van der Waals surface area contributed by atoms with Crippen LogP contribution in [0.3, 0.4) is 0 Å². The predicted octanol–water partition coefficient (Wildman–Crippen LogP) is 5.14. The van der Waals surface area contributed by atoms with Crippen molar-refractivity contribution in [3.63, 3.8) is 0 Å². The van der Waals surface area contributed by atoms with Gasteiger partial charge >= 0.3 is 0 Å². The molecule has 12 nitrogen and oxygen atoms in total. The number of carbonyl (C=O) groups is 1. The third-order valence-corrected chi connectivity index (χ3v) is 7.83. The summed E-state index contributed by atoms with van der Waals surface area (Å²) in [6.45, 7) is 6.72. The highest BCUT2D eigenvalue weighted by Gasteiger charge is 2.21. The van der Waals surface area contributed by atoms with E-state index in [2.05, 4.69) is 54.8 Å². The van der Waals surface area contributed by atoms with Crippen LogP contribution in [0.5, 0.6) is 0 Å². The molecule has 0 amide bonds. The van der Waals surface area contributed by atoms with Crippen molar-refractivity contribution in [3.05, 3.63) is 102 Å². The van der Waals surface area contributed by atoms with Crippen molar-refractivity contribution in [1.29, 1.82) is 5.26 Å². The highest BCUT2D eigenvalue weighted by atomic mass is 16.1.